The lowest BCUT2D eigenvalue weighted by Crippen LogP contribution is -2.51. The number of carbonyl (C=O) groups is 1. The van der Waals surface area contributed by atoms with Crippen LogP contribution in [0.5, 0.6) is 0 Å². The molecule has 2 saturated heterocycles. The number of nitrogens with zero attached hydrogens (tertiary/aromatic N) is 3. The Labute approximate surface area is 185 Å². The quantitative estimate of drug-likeness (QED) is 0.677. The monoisotopic (exact) mass is 457 g/mol. The Balaban J connectivity index is 1.67. The van der Waals surface area contributed by atoms with Crippen molar-refractivity contribution in [3.8, 4) is 0 Å². The number of carbonyl (C=O) groups excluding carboxylic acids is 1. The van der Waals surface area contributed by atoms with Crippen LogP contribution in [-0.4, -0.2) is 80.5 Å². The maximum atomic E-state index is 13.3. The minimum absolute atomic E-state index is 0.0625. The van der Waals surface area contributed by atoms with Crippen molar-refractivity contribution in [1.82, 2.24) is 14.1 Å². The third kappa shape index (κ3) is 5.28. The third-order valence-corrected chi connectivity index (χ3v) is 8.60. The normalized spacial score (nSPS) is 24.5. The maximum absolute atomic E-state index is 13.3. The van der Waals surface area contributed by atoms with Crippen LogP contribution in [0, 0.1) is 0 Å². The Morgan fingerprint density at radius 1 is 1.17 bits per heavy atom. The molecule has 9 heteroatoms. The molecule has 0 aromatic heterocycles. The van der Waals surface area contributed by atoms with Gasteiger partial charge in [0.15, 0.2) is 0 Å². The summed E-state index contributed by atoms with van der Waals surface area (Å²) in [6.07, 6.45) is 3.81. The molecule has 0 unspecified atom stereocenters. The summed E-state index contributed by atoms with van der Waals surface area (Å²) in [5, 5.41) is 0.489. The summed E-state index contributed by atoms with van der Waals surface area (Å²) in [6, 6.07) is 5.83. The largest absolute Gasteiger partial charge is 0.448 e. The smallest absolute Gasteiger partial charge is 0.409 e. The van der Waals surface area contributed by atoms with Crippen molar-refractivity contribution in [3.63, 3.8) is 0 Å². The van der Waals surface area contributed by atoms with E-state index in [9.17, 15) is 13.2 Å². The van der Waals surface area contributed by atoms with Gasteiger partial charge < -0.3 is 14.5 Å². The van der Waals surface area contributed by atoms with Gasteiger partial charge in [0.2, 0.25) is 10.0 Å². The highest BCUT2D eigenvalue weighted by Crippen LogP contribution is 2.30. The highest BCUT2D eigenvalue weighted by atomic mass is 35.5. The van der Waals surface area contributed by atoms with Crippen molar-refractivity contribution in [2.24, 2.45) is 0 Å². The molecule has 0 radical (unpaired) electrons. The topological polar surface area (TPSA) is 70.2 Å². The first-order valence-electron chi connectivity index (χ1n) is 10.6. The average molecular weight is 458 g/mol. The van der Waals surface area contributed by atoms with Crippen molar-refractivity contribution >= 4 is 27.7 Å². The summed E-state index contributed by atoms with van der Waals surface area (Å²) in [7, 11) is 0.138. The molecule has 2 aliphatic rings. The van der Waals surface area contributed by atoms with Crippen molar-refractivity contribution in [2.75, 3.05) is 33.8 Å². The van der Waals surface area contributed by atoms with Gasteiger partial charge >= 0.3 is 6.09 Å². The fourth-order valence-electron chi connectivity index (χ4n) is 4.38. The molecule has 0 bridgehead atoms. The SMILES string of the molecule is C[C@@H]1CCC[C@H](COC(=O)N(C)C2CCN(C)CC2)N1S(=O)(=O)c1ccc(Cl)cc1. The molecule has 1 aromatic rings. The summed E-state index contributed by atoms with van der Waals surface area (Å²) in [6.45, 7) is 3.88. The van der Waals surface area contributed by atoms with Crippen LogP contribution >= 0.6 is 11.6 Å². The Morgan fingerprint density at radius 2 is 1.80 bits per heavy atom. The summed E-state index contributed by atoms with van der Waals surface area (Å²) < 4.78 is 33.7. The first-order valence-corrected chi connectivity index (χ1v) is 12.4. The Kier molecular flexibility index (Phi) is 7.66. The number of benzene rings is 1. The highest BCUT2D eigenvalue weighted by Gasteiger charge is 2.39. The van der Waals surface area contributed by atoms with Crippen LogP contribution in [0.1, 0.15) is 39.0 Å². The summed E-state index contributed by atoms with van der Waals surface area (Å²) in [4.78, 5) is 16.7. The van der Waals surface area contributed by atoms with Gasteiger partial charge in [0.1, 0.15) is 6.61 Å². The summed E-state index contributed by atoms with van der Waals surface area (Å²) >= 11 is 5.92. The molecule has 0 saturated carbocycles. The molecular formula is C21H32ClN3O4S. The number of piperidine rings is 2. The lowest BCUT2D eigenvalue weighted by molar-refractivity contribution is 0.0531. The van der Waals surface area contributed by atoms with Crippen LogP contribution in [0.4, 0.5) is 4.79 Å². The average Bonchev–Trinajstić information content (AvgIpc) is 2.72. The number of likely N-dealkylation sites (tertiary alicyclic amines) is 1. The van der Waals surface area contributed by atoms with Crippen molar-refractivity contribution in [2.45, 2.75) is 62.0 Å². The van der Waals surface area contributed by atoms with Crippen LogP contribution in [0.25, 0.3) is 0 Å². The van der Waals surface area contributed by atoms with E-state index in [1.807, 2.05) is 6.92 Å². The Bertz CT molecular complexity index is 825. The molecule has 2 atom stereocenters. The fourth-order valence-corrected chi connectivity index (χ4v) is 6.37. The number of halogens is 1. The molecule has 2 heterocycles. The van der Waals surface area contributed by atoms with Crippen molar-refractivity contribution < 1.29 is 17.9 Å². The zero-order valence-electron chi connectivity index (χ0n) is 18.0. The molecule has 0 spiro atoms. The van der Waals surface area contributed by atoms with Crippen LogP contribution in [-0.2, 0) is 14.8 Å². The molecule has 1 aromatic carbocycles. The van der Waals surface area contributed by atoms with Crippen LogP contribution in [0.2, 0.25) is 5.02 Å². The number of hydrogen-bond acceptors (Lipinski definition) is 5. The number of sulfonamides is 1. The Hall–Kier alpha value is -1.35. The van der Waals surface area contributed by atoms with E-state index >= 15 is 0 Å². The van der Waals surface area contributed by atoms with E-state index in [-0.39, 0.29) is 35.7 Å². The molecule has 2 fully saturated rings. The van der Waals surface area contributed by atoms with Gasteiger partial charge in [0, 0.05) is 24.2 Å². The highest BCUT2D eigenvalue weighted by molar-refractivity contribution is 7.89. The van der Waals surface area contributed by atoms with Gasteiger partial charge in [-0.15, -0.1) is 0 Å². The molecule has 1 amide bonds. The maximum Gasteiger partial charge on any atom is 0.409 e. The second-order valence-electron chi connectivity index (χ2n) is 8.44. The molecule has 168 valence electrons. The molecule has 0 N–H and O–H groups in total. The minimum atomic E-state index is -3.71. The van der Waals surface area contributed by atoms with Gasteiger partial charge in [0.05, 0.1) is 10.9 Å². The van der Waals surface area contributed by atoms with E-state index < -0.39 is 10.0 Å². The van der Waals surface area contributed by atoms with Gasteiger partial charge in [-0.25, -0.2) is 13.2 Å². The van der Waals surface area contributed by atoms with E-state index in [1.54, 1.807) is 24.1 Å². The number of rotatable bonds is 5. The molecule has 3 rings (SSSR count). The number of hydrogen-bond donors (Lipinski definition) is 0. The minimum Gasteiger partial charge on any atom is -0.448 e. The first-order chi connectivity index (χ1) is 14.2. The zero-order chi connectivity index (χ0) is 21.9. The van der Waals surface area contributed by atoms with Crippen LogP contribution in [0.3, 0.4) is 0 Å². The predicted molar refractivity (Wildman–Crippen MR) is 117 cm³/mol. The first kappa shape index (κ1) is 23.3. The summed E-state index contributed by atoms with van der Waals surface area (Å²) in [5.41, 5.74) is 0. The molecule has 0 aliphatic carbocycles. The lowest BCUT2D eigenvalue weighted by Gasteiger charge is -2.39. The number of amides is 1. The van der Waals surface area contributed by atoms with E-state index in [0.717, 1.165) is 38.8 Å². The van der Waals surface area contributed by atoms with Gasteiger partial charge in [-0.1, -0.05) is 18.0 Å². The third-order valence-electron chi connectivity index (χ3n) is 6.27. The Morgan fingerprint density at radius 3 is 2.43 bits per heavy atom. The second kappa shape index (κ2) is 9.85. The van der Waals surface area contributed by atoms with Crippen LogP contribution in [0.15, 0.2) is 29.2 Å². The second-order valence-corrected chi connectivity index (χ2v) is 10.7. The van der Waals surface area contributed by atoms with Gasteiger partial charge in [-0.2, -0.15) is 4.31 Å². The van der Waals surface area contributed by atoms with E-state index in [4.69, 9.17) is 16.3 Å². The predicted octanol–water partition coefficient (Wildman–Crippen LogP) is 3.43. The van der Waals surface area contributed by atoms with E-state index in [1.165, 1.54) is 16.4 Å². The van der Waals surface area contributed by atoms with Crippen molar-refractivity contribution in [1.29, 1.82) is 0 Å². The van der Waals surface area contributed by atoms with Crippen molar-refractivity contribution in [3.05, 3.63) is 29.3 Å². The molecule has 7 nitrogen and oxygen atoms in total. The zero-order valence-corrected chi connectivity index (χ0v) is 19.5. The fraction of sp³-hybridized carbons (Fsp3) is 0.667. The van der Waals surface area contributed by atoms with Gasteiger partial charge in [-0.3, -0.25) is 0 Å². The van der Waals surface area contributed by atoms with E-state index in [0.29, 0.717) is 11.4 Å². The van der Waals surface area contributed by atoms with Crippen LogP contribution < -0.4 is 0 Å². The van der Waals surface area contributed by atoms with Gasteiger partial charge in [-0.05, 0) is 77.0 Å². The van der Waals surface area contributed by atoms with Gasteiger partial charge in [0.25, 0.3) is 0 Å². The molecule has 2 aliphatic heterocycles. The standard InChI is InChI=1S/C21H32ClN3O4S/c1-16-5-4-6-19(25(16)30(27,28)20-9-7-17(22)8-10-20)15-29-21(26)24(3)18-11-13-23(2)14-12-18/h7-10,16,18-19H,4-6,11-15H2,1-3H3/t16-,19-/m1/s1. The molecular weight excluding hydrogens is 426 g/mol. The number of ether oxygens (including phenoxy) is 1. The summed E-state index contributed by atoms with van der Waals surface area (Å²) in [5.74, 6) is 0. The lowest BCUT2D eigenvalue weighted by atomic mass is 10.0. The molecule has 30 heavy (non-hydrogen) atoms. The van der Waals surface area contributed by atoms with E-state index in [2.05, 4.69) is 11.9 Å².